The van der Waals surface area contributed by atoms with Crippen molar-refractivity contribution < 1.29 is 4.74 Å². The van der Waals surface area contributed by atoms with Gasteiger partial charge in [-0.15, -0.1) is 11.8 Å². The Morgan fingerprint density at radius 1 is 1.33 bits per heavy atom. The summed E-state index contributed by atoms with van der Waals surface area (Å²) in [5, 5.41) is 0. The third kappa shape index (κ3) is 3.05. The SMILES string of the molecule is CSc1ccc(COCCl)cc1. The van der Waals surface area contributed by atoms with Crippen molar-refractivity contribution in [2.75, 3.05) is 12.3 Å². The van der Waals surface area contributed by atoms with Crippen LogP contribution >= 0.6 is 23.4 Å². The molecule has 0 saturated heterocycles. The van der Waals surface area contributed by atoms with Crippen LogP contribution in [0, 0.1) is 0 Å². The predicted molar refractivity (Wildman–Crippen MR) is 53.7 cm³/mol. The first-order valence-electron chi connectivity index (χ1n) is 3.63. The molecule has 1 rings (SSSR count). The van der Waals surface area contributed by atoms with E-state index in [2.05, 4.69) is 30.5 Å². The Labute approximate surface area is 82.1 Å². The molecule has 0 amide bonds. The largest absolute Gasteiger partial charge is 0.361 e. The number of alkyl halides is 1. The number of benzene rings is 1. The van der Waals surface area contributed by atoms with E-state index in [4.69, 9.17) is 16.3 Å². The molecule has 0 unspecified atom stereocenters. The summed E-state index contributed by atoms with van der Waals surface area (Å²) in [7, 11) is 0. The molecule has 12 heavy (non-hydrogen) atoms. The summed E-state index contributed by atoms with van der Waals surface area (Å²) < 4.78 is 5.05. The highest BCUT2D eigenvalue weighted by Gasteiger charge is 1.92. The van der Waals surface area contributed by atoms with Gasteiger partial charge in [0, 0.05) is 4.90 Å². The zero-order valence-electron chi connectivity index (χ0n) is 6.92. The molecule has 3 heteroatoms. The lowest BCUT2D eigenvalue weighted by molar-refractivity contribution is 0.165. The van der Waals surface area contributed by atoms with Gasteiger partial charge in [0.1, 0.15) is 6.07 Å². The van der Waals surface area contributed by atoms with Crippen LogP contribution in [-0.2, 0) is 11.3 Å². The maximum atomic E-state index is 5.38. The zero-order valence-corrected chi connectivity index (χ0v) is 8.49. The van der Waals surface area contributed by atoms with E-state index < -0.39 is 0 Å². The van der Waals surface area contributed by atoms with Crippen LogP contribution in [0.3, 0.4) is 0 Å². The second-order valence-electron chi connectivity index (χ2n) is 2.31. The zero-order chi connectivity index (χ0) is 8.81. The number of halogens is 1. The third-order valence-electron chi connectivity index (χ3n) is 1.50. The van der Waals surface area contributed by atoms with Crippen molar-refractivity contribution in [3.63, 3.8) is 0 Å². The van der Waals surface area contributed by atoms with E-state index in [1.54, 1.807) is 11.8 Å². The Kier molecular flexibility index (Phi) is 4.51. The summed E-state index contributed by atoms with van der Waals surface area (Å²) in [4.78, 5) is 1.27. The average molecular weight is 203 g/mol. The van der Waals surface area contributed by atoms with Gasteiger partial charge < -0.3 is 4.74 Å². The molecule has 0 N–H and O–H groups in total. The minimum absolute atomic E-state index is 0.254. The van der Waals surface area contributed by atoms with Crippen molar-refractivity contribution in [2.45, 2.75) is 11.5 Å². The predicted octanol–water partition coefficient (Wildman–Crippen LogP) is 3.12. The molecule has 0 aromatic heterocycles. The lowest BCUT2D eigenvalue weighted by Crippen LogP contribution is -1.89. The fourth-order valence-electron chi connectivity index (χ4n) is 0.878. The van der Waals surface area contributed by atoms with Crippen LogP contribution in [0.1, 0.15) is 5.56 Å². The van der Waals surface area contributed by atoms with Crippen LogP contribution in [0.2, 0.25) is 0 Å². The van der Waals surface area contributed by atoms with E-state index in [-0.39, 0.29) is 6.07 Å². The molecule has 1 aromatic carbocycles. The lowest BCUT2D eigenvalue weighted by Gasteiger charge is -2.01. The molecule has 66 valence electrons. The molecular formula is C9H11ClOS. The lowest BCUT2D eigenvalue weighted by atomic mass is 10.2. The number of thioether (sulfide) groups is 1. The van der Waals surface area contributed by atoms with Crippen LogP contribution in [0.25, 0.3) is 0 Å². The van der Waals surface area contributed by atoms with E-state index in [9.17, 15) is 0 Å². The van der Waals surface area contributed by atoms with Crippen molar-refractivity contribution in [3.05, 3.63) is 29.8 Å². The highest BCUT2D eigenvalue weighted by Crippen LogP contribution is 2.15. The van der Waals surface area contributed by atoms with Crippen molar-refractivity contribution >= 4 is 23.4 Å². The standard InChI is InChI=1S/C9H11ClOS/c1-12-9-4-2-8(3-5-9)6-11-7-10/h2-5H,6-7H2,1H3. The van der Waals surface area contributed by atoms with Gasteiger partial charge in [0.15, 0.2) is 0 Å². The first-order valence-corrected chi connectivity index (χ1v) is 5.39. The molecule has 1 aromatic rings. The normalized spacial score (nSPS) is 10.2. The number of ether oxygens (including phenoxy) is 1. The smallest absolute Gasteiger partial charge is 0.121 e. The van der Waals surface area contributed by atoms with Crippen LogP contribution < -0.4 is 0 Å². The summed E-state index contributed by atoms with van der Waals surface area (Å²) in [5.41, 5.74) is 1.16. The molecule has 0 heterocycles. The summed E-state index contributed by atoms with van der Waals surface area (Å²) >= 11 is 7.12. The van der Waals surface area contributed by atoms with Gasteiger partial charge in [-0.1, -0.05) is 23.7 Å². The molecule has 1 nitrogen and oxygen atoms in total. The Morgan fingerprint density at radius 2 is 2.00 bits per heavy atom. The minimum Gasteiger partial charge on any atom is -0.361 e. The van der Waals surface area contributed by atoms with Crippen LogP contribution in [0.5, 0.6) is 0 Å². The second kappa shape index (κ2) is 5.46. The maximum Gasteiger partial charge on any atom is 0.121 e. The van der Waals surface area contributed by atoms with E-state index in [1.807, 2.05) is 0 Å². The van der Waals surface area contributed by atoms with Crippen molar-refractivity contribution in [1.82, 2.24) is 0 Å². The second-order valence-corrected chi connectivity index (χ2v) is 3.40. The molecule has 0 aliphatic rings. The van der Waals surface area contributed by atoms with Gasteiger partial charge in [0.2, 0.25) is 0 Å². The van der Waals surface area contributed by atoms with E-state index in [0.29, 0.717) is 6.61 Å². The topological polar surface area (TPSA) is 9.23 Å². The van der Waals surface area contributed by atoms with E-state index in [1.165, 1.54) is 4.90 Å². The highest BCUT2D eigenvalue weighted by atomic mass is 35.5. The molecule has 0 aliphatic heterocycles. The quantitative estimate of drug-likeness (QED) is 0.548. The van der Waals surface area contributed by atoms with Crippen LogP contribution in [-0.4, -0.2) is 12.3 Å². The van der Waals surface area contributed by atoms with Crippen molar-refractivity contribution in [3.8, 4) is 0 Å². The molecule has 0 saturated carbocycles. The molecule has 0 fully saturated rings. The summed E-state index contributed by atoms with van der Waals surface area (Å²) in [6.07, 6.45) is 2.06. The Balaban J connectivity index is 2.53. The van der Waals surface area contributed by atoms with E-state index in [0.717, 1.165) is 5.56 Å². The van der Waals surface area contributed by atoms with Crippen molar-refractivity contribution in [2.24, 2.45) is 0 Å². The molecule has 0 atom stereocenters. The number of rotatable bonds is 4. The molecule has 0 spiro atoms. The van der Waals surface area contributed by atoms with Gasteiger partial charge in [-0.3, -0.25) is 0 Å². The van der Waals surface area contributed by atoms with Crippen LogP contribution in [0.15, 0.2) is 29.2 Å². The number of hydrogen-bond donors (Lipinski definition) is 0. The van der Waals surface area contributed by atoms with Crippen molar-refractivity contribution in [1.29, 1.82) is 0 Å². The average Bonchev–Trinajstić information content (AvgIpc) is 2.15. The molecular weight excluding hydrogens is 192 g/mol. The van der Waals surface area contributed by atoms with Gasteiger partial charge in [0.05, 0.1) is 6.61 Å². The third-order valence-corrected chi connectivity index (χ3v) is 2.40. The first-order chi connectivity index (χ1) is 5.86. The molecule has 0 bridgehead atoms. The van der Waals surface area contributed by atoms with Crippen LogP contribution in [0.4, 0.5) is 0 Å². The van der Waals surface area contributed by atoms with Gasteiger partial charge in [-0.2, -0.15) is 0 Å². The summed E-state index contributed by atoms with van der Waals surface area (Å²) in [5.74, 6) is 0. The monoisotopic (exact) mass is 202 g/mol. The Bertz CT molecular complexity index is 222. The van der Waals surface area contributed by atoms with Gasteiger partial charge >= 0.3 is 0 Å². The fraction of sp³-hybridized carbons (Fsp3) is 0.333. The number of hydrogen-bond acceptors (Lipinski definition) is 2. The fourth-order valence-corrected chi connectivity index (χ4v) is 1.36. The minimum atomic E-state index is 0.254. The van der Waals surface area contributed by atoms with E-state index >= 15 is 0 Å². The highest BCUT2D eigenvalue weighted by molar-refractivity contribution is 7.98. The molecule has 0 aliphatic carbocycles. The molecule has 0 radical (unpaired) electrons. The summed E-state index contributed by atoms with van der Waals surface area (Å²) in [6, 6.07) is 8.52. The van der Waals surface area contributed by atoms with Gasteiger partial charge in [-0.25, -0.2) is 0 Å². The Hall–Kier alpha value is -0.180. The Morgan fingerprint density at radius 3 is 2.50 bits per heavy atom. The first kappa shape index (κ1) is 9.90. The summed E-state index contributed by atoms with van der Waals surface area (Å²) in [6.45, 7) is 0.595. The van der Waals surface area contributed by atoms with Gasteiger partial charge in [0.25, 0.3) is 0 Å². The van der Waals surface area contributed by atoms with Gasteiger partial charge in [-0.05, 0) is 24.0 Å². The maximum absolute atomic E-state index is 5.38.